The predicted octanol–water partition coefficient (Wildman–Crippen LogP) is 2.59. The van der Waals surface area contributed by atoms with Gasteiger partial charge in [-0.1, -0.05) is 51.5 Å². The van der Waals surface area contributed by atoms with Gasteiger partial charge in [0, 0.05) is 4.45 Å². The van der Waals surface area contributed by atoms with Crippen molar-refractivity contribution in [3.63, 3.8) is 0 Å². The molecule has 0 heterocycles. The first-order chi connectivity index (χ1) is 4.39. The molecule has 0 aromatic heterocycles. The Hall–Kier alpha value is 0.847. The number of rotatable bonds is 3. The van der Waals surface area contributed by atoms with Crippen LogP contribution in [0.1, 0.15) is 0 Å². The average molecular weight is 288 g/mol. The van der Waals surface area contributed by atoms with Crippen molar-refractivity contribution in [3.8, 4) is 0 Å². The Morgan fingerprint density at radius 3 is 1.80 bits per heavy atom. The Morgan fingerprint density at radius 2 is 1.70 bits per heavy atom. The van der Waals surface area contributed by atoms with Gasteiger partial charge in [-0.2, -0.15) is 0 Å². The summed E-state index contributed by atoms with van der Waals surface area (Å²) >= 11 is 6.81. The van der Waals surface area contributed by atoms with Crippen LogP contribution in [0.4, 0.5) is 0 Å². The summed E-state index contributed by atoms with van der Waals surface area (Å²) in [4.78, 5) is 10.3. The van der Waals surface area contributed by atoms with Crippen LogP contribution in [0.25, 0.3) is 0 Å². The van der Waals surface area contributed by atoms with Crippen molar-refractivity contribution >= 4 is 46.2 Å². The smallest absolute Gasteiger partial charge is 0.134 e. The maximum absolute atomic E-state index is 10.3. The Kier molecular flexibility index (Phi) is 4.36. The highest BCUT2D eigenvalue weighted by Gasteiger charge is 2.29. The molecule has 2 unspecified atom stereocenters. The van der Waals surface area contributed by atoms with Gasteiger partial charge in [-0.05, 0) is 0 Å². The summed E-state index contributed by atoms with van der Waals surface area (Å²) in [6.45, 7) is 6.68. The summed E-state index contributed by atoms with van der Waals surface area (Å²) in [5, 5.41) is 0. The molecule has 10 heavy (non-hydrogen) atoms. The standard InChI is InChI=1S/C6H12Br2OSi/c1-10(2,3)6(8)5(7)4-9/h4-6H,1-3H3. The lowest BCUT2D eigenvalue weighted by molar-refractivity contribution is -0.107. The highest BCUT2D eigenvalue weighted by Crippen LogP contribution is 2.23. The minimum Gasteiger partial charge on any atom is -0.302 e. The van der Waals surface area contributed by atoms with E-state index in [4.69, 9.17) is 0 Å². The lowest BCUT2D eigenvalue weighted by Gasteiger charge is -2.24. The van der Waals surface area contributed by atoms with Crippen molar-refractivity contribution in [2.45, 2.75) is 28.9 Å². The normalized spacial score (nSPS) is 18.1. The first-order valence-corrected chi connectivity index (χ1v) is 8.54. The molecule has 0 amide bonds. The minimum atomic E-state index is -1.21. The molecule has 0 saturated carbocycles. The summed E-state index contributed by atoms with van der Waals surface area (Å²) in [5.41, 5.74) is 0. The van der Waals surface area contributed by atoms with Gasteiger partial charge in [0.15, 0.2) is 0 Å². The molecule has 0 aliphatic heterocycles. The summed E-state index contributed by atoms with van der Waals surface area (Å²) < 4.78 is 0.331. The number of alkyl halides is 2. The van der Waals surface area contributed by atoms with E-state index < -0.39 is 8.07 Å². The van der Waals surface area contributed by atoms with Gasteiger partial charge < -0.3 is 4.79 Å². The molecule has 60 valence electrons. The maximum Gasteiger partial charge on any atom is 0.134 e. The van der Waals surface area contributed by atoms with Crippen molar-refractivity contribution < 1.29 is 4.79 Å². The maximum atomic E-state index is 10.3. The second kappa shape index (κ2) is 4.02. The summed E-state index contributed by atoms with van der Waals surface area (Å²) in [7, 11) is -1.21. The van der Waals surface area contributed by atoms with Gasteiger partial charge in [0.2, 0.25) is 0 Å². The van der Waals surface area contributed by atoms with E-state index in [9.17, 15) is 4.79 Å². The molecule has 0 aliphatic carbocycles. The van der Waals surface area contributed by atoms with Crippen LogP contribution >= 0.6 is 31.9 Å². The molecule has 1 nitrogen and oxygen atoms in total. The van der Waals surface area contributed by atoms with Crippen LogP contribution in [0.2, 0.25) is 19.6 Å². The molecule has 0 radical (unpaired) electrons. The lowest BCUT2D eigenvalue weighted by Crippen LogP contribution is -2.40. The van der Waals surface area contributed by atoms with E-state index in [-0.39, 0.29) is 4.83 Å². The van der Waals surface area contributed by atoms with Crippen molar-refractivity contribution in [1.82, 2.24) is 0 Å². The highest BCUT2D eigenvalue weighted by atomic mass is 79.9. The Balaban J connectivity index is 4.07. The van der Waals surface area contributed by atoms with Gasteiger partial charge in [0.25, 0.3) is 0 Å². The third-order valence-electron chi connectivity index (χ3n) is 1.24. The minimum absolute atomic E-state index is 0.0285. The molecule has 0 aromatic carbocycles. The second-order valence-corrected chi connectivity index (χ2v) is 11.6. The number of hydrogen-bond acceptors (Lipinski definition) is 1. The number of carbonyl (C=O) groups is 1. The van der Waals surface area contributed by atoms with Gasteiger partial charge in [-0.3, -0.25) is 0 Å². The van der Waals surface area contributed by atoms with Crippen molar-refractivity contribution in [2.24, 2.45) is 0 Å². The Bertz CT molecular complexity index is 121. The van der Waals surface area contributed by atoms with Crippen LogP contribution in [-0.2, 0) is 4.79 Å². The largest absolute Gasteiger partial charge is 0.302 e. The van der Waals surface area contributed by atoms with E-state index in [0.717, 1.165) is 6.29 Å². The van der Waals surface area contributed by atoms with Crippen LogP contribution in [0.15, 0.2) is 0 Å². The second-order valence-electron chi connectivity index (χ2n) is 3.35. The molecule has 0 N–H and O–H groups in total. The first kappa shape index (κ1) is 10.8. The molecular formula is C6H12Br2OSi. The predicted molar refractivity (Wildman–Crippen MR) is 54.8 cm³/mol. The third kappa shape index (κ3) is 3.30. The van der Waals surface area contributed by atoms with E-state index >= 15 is 0 Å². The summed E-state index contributed by atoms with van der Waals surface area (Å²) in [6, 6.07) is 0. The average Bonchev–Trinajstić information content (AvgIpc) is 1.83. The van der Waals surface area contributed by atoms with Gasteiger partial charge in [-0.15, -0.1) is 0 Å². The molecule has 0 rings (SSSR count). The molecule has 0 fully saturated rings. The van der Waals surface area contributed by atoms with E-state index in [1.165, 1.54) is 0 Å². The van der Waals surface area contributed by atoms with Crippen LogP contribution in [-0.4, -0.2) is 23.6 Å². The van der Waals surface area contributed by atoms with Crippen LogP contribution in [0.5, 0.6) is 0 Å². The fourth-order valence-electron chi connectivity index (χ4n) is 0.547. The molecule has 0 spiro atoms. The van der Waals surface area contributed by atoms with E-state index in [1.807, 2.05) is 0 Å². The zero-order chi connectivity index (χ0) is 8.36. The molecule has 0 saturated heterocycles. The van der Waals surface area contributed by atoms with Crippen molar-refractivity contribution in [2.75, 3.05) is 0 Å². The first-order valence-electron chi connectivity index (χ1n) is 3.13. The van der Waals surface area contributed by atoms with Crippen LogP contribution in [0.3, 0.4) is 0 Å². The number of aldehydes is 1. The molecule has 4 heteroatoms. The van der Waals surface area contributed by atoms with Crippen molar-refractivity contribution in [3.05, 3.63) is 0 Å². The summed E-state index contributed by atoms with van der Waals surface area (Å²) in [6.07, 6.45) is 0.942. The monoisotopic (exact) mass is 286 g/mol. The Morgan fingerprint density at radius 1 is 1.30 bits per heavy atom. The topological polar surface area (TPSA) is 17.1 Å². The molecule has 0 bridgehead atoms. The molecule has 0 aliphatic rings. The van der Waals surface area contributed by atoms with E-state index in [2.05, 4.69) is 51.5 Å². The SMILES string of the molecule is C[Si](C)(C)C(Br)C(Br)C=O. The molecule has 2 atom stereocenters. The van der Waals surface area contributed by atoms with Gasteiger partial charge in [0.1, 0.15) is 6.29 Å². The number of hydrogen-bond donors (Lipinski definition) is 0. The van der Waals surface area contributed by atoms with Gasteiger partial charge in [0.05, 0.1) is 12.9 Å². The van der Waals surface area contributed by atoms with Crippen LogP contribution < -0.4 is 0 Å². The third-order valence-corrected chi connectivity index (χ3v) is 9.88. The van der Waals surface area contributed by atoms with Gasteiger partial charge in [-0.25, -0.2) is 0 Å². The van der Waals surface area contributed by atoms with E-state index in [1.54, 1.807) is 0 Å². The number of carbonyl (C=O) groups excluding carboxylic acids is 1. The highest BCUT2D eigenvalue weighted by molar-refractivity contribution is 9.12. The van der Waals surface area contributed by atoms with Gasteiger partial charge >= 0.3 is 0 Å². The van der Waals surface area contributed by atoms with Crippen LogP contribution in [0, 0.1) is 0 Å². The fraction of sp³-hybridized carbons (Fsp3) is 0.833. The zero-order valence-electron chi connectivity index (χ0n) is 6.40. The van der Waals surface area contributed by atoms with E-state index in [0.29, 0.717) is 4.45 Å². The lowest BCUT2D eigenvalue weighted by atomic mass is 10.5. The zero-order valence-corrected chi connectivity index (χ0v) is 10.6. The fourth-order valence-corrected chi connectivity index (χ4v) is 4.08. The molecular weight excluding hydrogens is 276 g/mol. The number of halogens is 2. The molecule has 0 aromatic rings. The Labute approximate surface area is 79.8 Å². The van der Waals surface area contributed by atoms with Crippen molar-refractivity contribution in [1.29, 1.82) is 0 Å². The summed E-state index contributed by atoms with van der Waals surface area (Å²) in [5.74, 6) is 0. The quantitative estimate of drug-likeness (QED) is 0.443.